The molecule has 3 heteroatoms. The second-order valence-electron chi connectivity index (χ2n) is 6.04. The fourth-order valence-corrected chi connectivity index (χ4v) is 5.49. The largest absolute Gasteiger partial charge is 0.377 e. The Morgan fingerprint density at radius 1 is 1.26 bits per heavy atom. The van der Waals surface area contributed by atoms with Crippen molar-refractivity contribution < 1.29 is 4.74 Å². The quantitative estimate of drug-likeness (QED) is 0.684. The molecular weight excluding hydrogens is 320 g/mol. The van der Waals surface area contributed by atoms with Crippen molar-refractivity contribution in [1.82, 2.24) is 0 Å². The van der Waals surface area contributed by atoms with Crippen molar-refractivity contribution in [1.29, 1.82) is 0 Å². The van der Waals surface area contributed by atoms with Crippen LogP contribution in [0.4, 0.5) is 0 Å². The number of halogens is 1. The lowest BCUT2D eigenvalue weighted by atomic mass is 9.61. The molecule has 0 aromatic carbocycles. The summed E-state index contributed by atoms with van der Waals surface area (Å²) in [6, 6.07) is 4.34. The Labute approximate surface area is 128 Å². The van der Waals surface area contributed by atoms with Gasteiger partial charge in [-0.3, -0.25) is 0 Å². The molecule has 1 aromatic heterocycles. The van der Waals surface area contributed by atoms with E-state index in [0.29, 0.717) is 16.3 Å². The highest BCUT2D eigenvalue weighted by Crippen LogP contribution is 2.55. The van der Waals surface area contributed by atoms with E-state index in [0.717, 1.165) is 13.0 Å². The Morgan fingerprint density at radius 2 is 2.05 bits per heavy atom. The molecule has 3 rings (SSSR count). The molecule has 1 aromatic rings. The number of hydrogen-bond acceptors (Lipinski definition) is 2. The lowest BCUT2D eigenvalue weighted by Crippen LogP contribution is -2.55. The average Bonchev–Trinajstić information content (AvgIpc) is 2.78. The minimum Gasteiger partial charge on any atom is -0.377 e. The van der Waals surface area contributed by atoms with E-state index >= 15 is 0 Å². The predicted octanol–water partition coefficient (Wildman–Crippen LogP) is 5.18. The average molecular weight is 343 g/mol. The van der Waals surface area contributed by atoms with Crippen LogP contribution in [0.5, 0.6) is 0 Å². The molecule has 0 saturated heterocycles. The van der Waals surface area contributed by atoms with E-state index in [4.69, 9.17) is 4.74 Å². The van der Waals surface area contributed by atoms with Gasteiger partial charge < -0.3 is 4.74 Å². The van der Waals surface area contributed by atoms with Gasteiger partial charge in [-0.2, -0.15) is 0 Å². The first-order valence-electron chi connectivity index (χ1n) is 7.59. The number of alkyl halides is 1. The fraction of sp³-hybridized carbons (Fsp3) is 0.750. The maximum absolute atomic E-state index is 6.25. The molecule has 2 saturated carbocycles. The van der Waals surface area contributed by atoms with E-state index in [-0.39, 0.29) is 0 Å². The SMILES string of the molecule is BrC1CC(OCCc2cccs2)C12CCCCCC2. The fourth-order valence-electron chi connectivity index (χ4n) is 3.71. The van der Waals surface area contributed by atoms with Gasteiger partial charge in [-0.25, -0.2) is 0 Å². The topological polar surface area (TPSA) is 9.23 Å². The number of rotatable bonds is 4. The molecule has 2 fully saturated rings. The van der Waals surface area contributed by atoms with E-state index < -0.39 is 0 Å². The molecule has 2 atom stereocenters. The molecule has 0 amide bonds. The Morgan fingerprint density at radius 3 is 2.68 bits per heavy atom. The van der Waals surface area contributed by atoms with Crippen molar-refractivity contribution in [3.8, 4) is 0 Å². The summed E-state index contributed by atoms with van der Waals surface area (Å²) in [6.07, 6.45) is 11.2. The second kappa shape index (κ2) is 6.28. The molecule has 19 heavy (non-hydrogen) atoms. The Hall–Kier alpha value is 0.140. The van der Waals surface area contributed by atoms with Gasteiger partial charge >= 0.3 is 0 Å². The maximum atomic E-state index is 6.25. The highest BCUT2D eigenvalue weighted by molar-refractivity contribution is 9.09. The first-order valence-corrected chi connectivity index (χ1v) is 9.39. The third kappa shape index (κ3) is 2.93. The van der Waals surface area contributed by atoms with Crippen LogP contribution in [0.15, 0.2) is 17.5 Å². The smallest absolute Gasteiger partial charge is 0.0653 e. The highest BCUT2D eigenvalue weighted by atomic mass is 79.9. The van der Waals surface area contributed by atoms with Crippen molar-refractivity contribution in [2.45, 2.75) is 62.3 Å². The highest BCUT2D eigenvalue weighted by Gasteiger charge is 2.53. The van der Waals surface area contributed by atoms with Crippen LogP contribution in [0, 0.1) is 5.41 Å². The van der Waals surface area contributed by atoms with Gasteiger partial charge in [-0.1, -0.05) is 47.7 Å². The molecule has 0 bridgehead atoms. The number of ether oxygens (including phenoxy) is 1. The van der Waals surface area contributed by atoms with Gasteiger partial charge in [0.25, 0.3) is 0 Å². The summed E-state index contributed by atoms with van der Waals surface area (Å²) in [5.74, 6) is 0. The summed E-state index contributed by atoms with van der Waals surface area (Å²) in [4.78, 5) is 2.15. The molecule has 1 spiro atoms. The molecule has 0 N–H and O–H groups in total. The number of thiophene rings is 1. The van der Waals surface area contributed by atoms with Crippen molar-refractivity contribution >= 4 is 27.3 Å². The normalized spacial score (nSPS) is 29.9. The zero-order valence-corrected chi connectivity index (χ0v) is 13.8. The van der Waals surface area contributed by atoms with Crippen LogP contribution in [0.1, 0.15) is 49.8 Å². The summed E-state index contributed by atoms with van der Waals surface area (Å²) in [5, 5.41) is 2.15. The molecule has 0 aliphatic heterocycles. The molecule has 106 valence electrons. The van der Waals surface area contributed by atoms with Gasteiger partial charge in [-0.15, -0.1) is 11.3 Å². The van der Waals surface area contributed by atoms with Crippen LogP contribution >= 0.6 is 27.3 Å². The van der Waals surface area contributed by atoms with E-state index in [2.05, 4.69) is 33.4 Å². The van der Waals surface area contributed by atoms with Crippen molar-refractivity contribution in [2.75, 3.05) is 6.61 Å². The third-order valence-corrected chi connectivity index (χ3v) is 7.19. The van der Waals surface area contributed by atoms with Gasteiger partial charge in [0.05, 0.1) is 12.7 Å². The zero-order valence-electron chi connectivity index (χ0n) is 11.4. The van der Waals surface area contributed by atoms with Crippen LogP contribution in [0.25, 0.3) is 0 Å². The van der Waals surface area contributed by atoms with E-state index in [1.807, 2.05) is 11.3 Å². The zero-order chi connectivity index (χ0) is 13.1. The van der Waals surface area contributed by atoms with Gasteiger partial charge in [0, 0.05) is 21.5 Å². The molecule has 2 aliphatic rings. The minimum atomic E-state index is 0.464. The van der Waals surface area contributed by atoms with E-state index in [9.17, 15) is 0 Å². The van der Waals surface area contributed by atoms with E-state index in [1.165, 1.54) is 49.8 Å². The van der Waals surface area contributed by atoms with Gasteiger partial charge in [0.2, 0.25) is 0 Å². The van der Waals surface area contributed by atoms with Crippen molar-refractivity contribution in [3.05, 3.63) is 22.4 Å². The lowest BCUT2D eigenvalue weighted by Gasteiger charge is -2.53. The summed E-state index contributed by atoms with van der Waals surface area (Å²) < 4.78 is 6.25. The van der Waals surface area contributed by atoms with Crippen LogP contribution in [0.3, 0.4) is 0 Å². The molecule has 0 radical (unpaired) electrons. The van der Waals surface area contributed by atoms with Crippen molar-refractivity contribution in [3.63, 3.8) is 0 Å². The van der Waals surface area contributed by atoms with E-state index in [1.54, 1.807) is 0 Å². The van der Waals surface area contributed by atoms with Gasteiger partial charge in [0.1, 0.15) is 0 Å². The Kier molecular flexibility index (Phi) is 4.66. The molecule has 2 unspecified atom stereocenters. The minimum absolute atomic E-state index is 0.464. The monoisotopic (exact) mass is 342 g/mol. The first kappa shape index (κ1) is 14.1. The molecule has 1 nitrogen and oxygen atoms in total. The number of hydrogen-bond donors (Lipinski definition) is 0. The first-order chi connectivity index (χ1) is 9.31. The van der Waals surface area contributed by atoms with Crippen LogP contribution in [-0.4, -0.2) is 17.5 Å². The Balaban J connectivity index is 1.52. The summed E-state index contributed by atoms with van der Waals surface area (Å²) in [5.41, 5.74) is 0.464. The lowest BCUT2D eigenvalue weighted by molar-refractivity contribution is -0.110. The Bertz CT molecular complexity index is 381. The summed E-state index contributed by atoms with van der Waals surface area (Å²) in [7, 11) is 0. The summed E-state index contributed by atoms with van der Waals surface area (Å²) in [6.45, 7) is 0.895. The van der Waals surface area contributed by atoms with Crippen LogP contribution in [0.2, 0.25) is 0 Å². The standard InChI is InChI=1S/C16H23BrOS/c17-14-12-15(16(14)8-3-1-2-4-9-16)18-10-7-13-6-5-11-19-13/h5-6,11,14-15H,1-4,7-10,12H2. The van der Waals surface area contributed by atoms with Crippen LogP contribution < -0.4 is 0 Å². The second-order valence-corrected chi connectivity index (χ2v) is 8.18. The molecule has 1 heterocycles. The predicted molar refractivity (Wildman–Crippen MR) is 85.2 cm³/mol. The summed E-state index contributed by atoms with van der Waals surface area (Å²) >= 11 is 5.75. The van der Waals surface area contributed by atoms with Gasteiger partial charge in [-0.05, 0) is 30.7 Å². The third-order valence-electron chi connectivity index (χ3n) is 4.97. The van der Waals surface area contributed by atoms with Crippen LogP contribution in [-0.2, 0) is 11.2 Å². The molecular formula is C16H23BrOS. The maximum Gasteiger partial charge on any atom is 0.0653 e. The van der Waals surface area contributed by atoms with Crippen molar-refractivity contribution in [2.24, 2.45) is 5.41 Å². The molecule has 2 aliphatic carbocycles. The van der Waals surface area contributed by atoms with Gasteiger partial charge in [0.15, 0.2) is 0 Å².